The van der Waals surface area contributed by atoms with Crippen LogP contribution in [0, 0.1) is 5.82 Å². The predicted molar refractivity (Wildman–Crippen MR) is 104 cm³/mol. The SMILES string of the molecule is CC1(C)Nc2ccc(F)c(n2)[C@@]2(C)N=C(NC(=O)O1)C(C)(C)S1(=O)=NCC[C@H]21. The number of cyclic esters (lactones) is 1. The molecule has 0 aliphatic carbocycles. The highest BCUT2D eigenvalue weighted by Gasteiger charge is 2.58. The van der Waals surface area contributed by atoms with E-state index in [0.29, 0.717) is 18.8 Å². The van der Waals surface area contributed by atoms with Crippen molar-refractivity contribution >= 4 is 27.5 Å². The number of halogens is 1. The van der Waals surface area contributed by atoms with Gasteiger partial charge in [0, 0.05) is 6.54 Å². The Morgan fingerprint density at radius 2 is 1.96 bits per heavy atom. The standard InChI is InChI=1S/C18H24FN5O3S/c1-16(2)14-22-15(25)27-17(3,4)23-12-7-6-10(19)13(21-12)18(5,24-14)11-8-9-20-28(11,16)26/h6-7,11H,8-9H2,1-5H3,(H,21,23)(H,22,24,25)/t11-,18+,28?/m1/s1. The molecule has 152 valence electrons. The lowest BCUT2D eigenvalue weighted by atomic mass is 9.89. The summed E-state index contributed by atoms with van der Waals surface area (Å²) in [6.07, 6.45) is -0.244. The molecule has 3 aliphatic heterocycles. The Labute approximate surface area is 163 Å². The summed E-state index contributed by atoms with van der Waals surface area (Å²) >= 11 is 0. The molecule has 2 N–H and O–H groups in total. The fourth-order valence-corrected chi connectivity index (χ4v) is 7.36. The Balaban J connectivity index is 2.04. The molecule has 1 unspecified atom stereocenters. The van der Waals surface area contributed by atoms with Crippen LogP contribution in [0.15, 0.2) is 21.5 Å². The summed E-state index contributed by atoms with van der Waals surface area (Å²) in [5, 5.41) is 5.11. The first kappa shape index (κ1) is 19.1. The first-order valence-electron chi connectivity index (χ1n) is 9.16. The minimum absolute atomic E-state index is 0.0762. The molecule has 0 radical (unpaired) electrons. The van der Waals surface area contributed by atoms with E-state index < -0.39 is 42.9 Å². The van der Waals surface area contributed by atoms with Crippen molar-refractivity contribution in [1.29, 1.82) is 0 Å². The van der Waals surface area contributed by atoms with Gasteiger partial charge >= 0.3 is 6.09 Å². The topological polar surface area (TPSA) is 105 Å². The van der Waals surface area contributed by atoms with Gasteiger partial charge in [-0.05, 0) is 53.2 Å². The fourth-order valence-electron chi connectivity index (χ4n) is 4.18. The lowest BCUT2D eigenvalue weighted by Gasteiger charge is -2.44. The molecule has 0 aromatic carbocycles. The van der Waals surface area contributed by atoms with E-state index >= 15 is 0 Å². The fraction of sp³-hybridized carbons (Fsp3) is 0.611. The first-order chi connectivity index (χ1) is 12.9. The van der Waals surface area contributed by atoms with Gasteiger partial charge in [-0.3, -0.25) is 10.3 Å². The van der Waals surface area contributed by atoms with Crippen LogP contribution in [-0.4, -0.2) is 43.4 Å². The number of carbonyl (C=O) groups is 1. The number of amidine groups is 1. The molecule has 3 atom stereocenters. The molecule has 1 amide bonds. The highest BCUT2D eigenvalue weighted by atomic mass is 32.2. The maximum Gasteiger partial charge on any atom is 0.414 e. The van der Waals surface area contributed by atoms with Gasteiger partial charge in [-0.2, -0.15) is 0 Å². The molecule has 1 aromatic heterocycles. The quantitative estimate of drug-likeness (QED) is 0.685. The molecule has 4 bridgehead atoms. The number of aliphatic imine (C=N–C) groups is 1. The molecule has 4 rings (SSSR count). The number of rotatable bonds is 0. The average Bonchev–Trinajstić information content (AvgIpc) is 2.98. The van der Waals surface area contributed by atoms with Crippen LogP contribution in [0.25, 0.3) is 0 Å². The van der Waals surface area contributed by atoms with Crippen LogP contribution in [0.3, 0.4) is 0 Å². The molecule has 0 spiro atoms. The minimum atomic E-state index is -2.87. The summed E-state index contributed by atoms with van der Waals surface area (Å²) in [6, 6.07) is 2.76. The van der Waals surface area contributed by atoms with E-state index in [4.69, 9.17) is 9.73 Å². The van der Waals surface area contributed by atoms with Crippen LogP contribution in [-0.2, 0) is 20.0 Å². The zero-order valence-corrected chi connectivity index (χ0v) is 17.3. The third-order valence-corrected chi connectivity index (χ3v) is 9.34. The highest BCUT2D eigenvalue weighted by Crippen LogP contribution is 2.47. The van der Waals surface area contributed by atoms with Crippen LogP contribution in [0.2, 0.25) is 0 Å². The number of anilines is 1. The van der Waals surface area contributed by atoms with Gasteiger partial charge < -0.3 is 10.1 Å². The Bertz CT molecular complexity index is 1030. The maximum absolute atomic E-state index is 14.9. The Kier molecular flexibility index (Phi) is 3.85. The first-order valence-corrected chi connectivity index (χ1v) is 10.7. The van der Waals surface area contributed by atoms with Crippen LogP contribution in [0.4, 0.5) is 15.0 Å². The highest BCUT2D eigenvalue weighted by molar-refractivity contribution is 7.96. The third kappa shape index (κ3) is 2.53. The molecule has 8 nitrogen and oxygen atoms in total. The average molecular weight is 409 g/mol. The number of nitrogens with one attached hydrogen (secondary N) is 2. The molecule has 28 heavy (non-hydrogen) atoms. The molecule has 0 fully saturated rings. The van der Waals surface area contributed by atoms with E-state index in [-0.39, 0.29) is 11.5 Å². The van der Waals surface area contributed by atoms with Crippen molar-refractivity contribution in [3.63, 3.8) is 0 Å². The summed E-state index contributed by atoms with van der Waals surface area (Å²) in [6.45, 7) is 8.87. The van der Waals surface area contributed by atoms with Gasteiger partial charge in [0.1, 0.15) is 33.5 Å². The molecular weight excluding hydrogens is 385 g/mol. The summed E-state index contributed by atoms with van der Waals surface area (Å²) in [7, 11) is -2.87. The second-order valence-electron chi connectivity index (χ2n) is 8.49. The number of fused-ring (bicyclic) bond motifs is 6. The number of pyridine rings is 1. The lowest BCUT2D eigenvalue weighted by molar-refractivity contribution is 0.0623. The van der Waals surface area contributed by atoms with Crippen molar-refractivity contribution in [2.45, 2.75) is 62.3 Å². The van der Waals surface area contributed by atoms with Crippen LogP contribution < -0.4 is 10.6 Å². The van der Waals surface area contributed by atoms with Gasteiger partial charge in [0.2, 0.25) is 0 Å². The van der Waals surface area contributed by atoms with E-state index in [0.717, 1.165) is 0 Å². The smallest absolute Gasteiger partial charge is 0.414 e. The number of hydrogen-bond donors (Lipinski definition) is 2. The number of aromatic nitrogens is 1. The molecule has 0 saturated carbocycles. The van der Waals surface area contributed by atoms with E-state index in [1.165, 1.54) is 12.1 Å². The van der Waals surface area contributed by atoms with Crippen LogP contribution in [0.1, 0.15) is 46.7 Å². The van der Waals surface area contributed by atoms with Gasteiger partial charge in [0.05, 0.1) is 15.0 Å². The number of nitrogens with zero attached hydrogens (tertiary/aromatic N) is 3. The van der Waals surface area contributed by atoms with Gasteiger partial charge in [-0.1, -0.05) is 0 Å². The van der Waals surface area contributed by atoms with Gasteiger partial charge in [0.25, 0.3) is 0 Å². The number of hydrogen-bond acceptors (Lipinski definition) is 7. The van der Waals surface area contributed by atoms with Gasteiger partial charge in [-0.15, -0.1) is 0 Å². The second kappa shape index (κ2) is 5.65. The van der Waals surface area contributed by atoms with Crippen LogP contribution >= 0.6 is 0 Å². The summed E-state index contributed by atoms with van der Waals surface area (Å²) in [5.41, 5.74) is -2.28. The van der Waals surface area contributed by atoms with Gasteiger partial charge in [-0.25, -0.2) is 22.7 Å². The second-order valence-corrected chi connectivity index (χ2v) is 11.5. The van der Waals surface area contributed by atoms with Crippen molar-refractivity contribution in [1.82, 2.24) is 10.3 Å². The predicted octanol–water partition coefficient (Wildman–Crippen LogP) is 2.75. The maximum atomic E-state index is 14.9. The molecule has 4 heterocycles. The molecule has 0 saturated heterocycles. The molecule has 1 aromatic rings. The van der Waals surface area contributed by atoms with Crippen molar-refractivity contribution < 1.29 is 18.1 Å². The lowest BCUT2D eigenvalue weighted by Crippen LogP contribution is -2.60. The number of carbonyl (C=O) groups excluding carboxylic acids is 1. The minimum Gasteiger partial charge on any atom is -0.423 e. The van der Waals surface area contributed by atoms with E-state index in [1.807, 2.05) is 0 Å². The van der Waals surface area contributed by atoms with Crippen molar-refractivity contribution in [2.24, 2.45) is 9.36 Å². The van der Waals surface area contributed by atoms with Crippen molar-refractivity contribution in [3.05, 3.63) is 23.6 Å². The Morgan fingerprint density at radius 1 is 1.25 bits per heavy atom. The zero-order valence-electron chi connectivity index (χ0n) is 16.5. The summed E-state index contributed by atoms with van der Waals surface area (Å²) in [4.78, 5) is 21.7. The summed E-state index contributed by atoms with van der Waals surface area (Å²) < 4.78 is 37.8. The zero-order chi connectivity index (χ0) is 20.5. The third-order valence-electron chi connectivity index (χ3n) is 5.66. The number of ether oxygens (including phenoxy) is 1. The van der Waals surface area contributed by atoms with E-state index in [1.54, 1.807) is 34.6 Å². The number of amides is 1. The van der Waals surface area contributed by atoms with Gasteiger partial charge in [0.15, 0.2) is 5.72 Å². The number of alkyl carbamates (subject to hydrolysis) is 1. The van der Waals surface area contributed by atoms with Crippen LogP contribution in [0.5, 0.6) is 0 Å². The Hall–Kier alpha value is -2.23. The summed E-state index contributed by atoms with van der Waals surface area (Å²) in [5.74, 6) is -0.0506. The van der Waals surface area contributed by atoms with E-state index in [2.05, 4.69) is 20.0 Å². The molecular formula is C18H24FN5O3S. The van der Waals surface area contributed by atoms with E-state index in [9.17, 15) is 13.4 Å². The largest absolute Gasteiger partial charge is 0.423 e. The Morgan fingerprint density at radius 3 is 2.68 bits per heavy atom. The molecule has 10 heteroatoms. The monoisotopic (exact) mass is 409 g/mol. The van der Waals surface area contributed by atoms with Crippen molar-refractivity contribution in [2.75, 3.05) is 11.9 Å². The van der Waals surface area contributed by atoms with Crippen molar-refractivity contribution in [3.8, 4) is 0 Å². The normalized spacial score (nSPS) is 35.1. The molecule has 3 aliphatic rings.